The first-order valence-corrected chi connectivity index (χ1v) is 9.28. The zero-order chi connectivity index (χ0) is 21.6. The minimum absolute atomic E-state index is 0.0595. The van der Waals surface area contributed by atoms with E-state index in [9.17, 15) is 14.4 Å². The molecule has 0 saturated carbocycles. The fraction of sp³-hybridized carbons (Fsp3) is 0. The summed E-state index contributed by atoms with van der Waals surface area (Å²) in [6.07, 6.45) is 7.37. The predicted molar refractivity (Wildman–Crippen MR) is 114 cm³/mol. The second-order valence-electron chi connectivity index (χ2n) is 6.48. The molecule has 0 spiro atoms. The summed E-state index contributed by atoms with van der Waals surface area (Å²) < 4.78 is 5.25. The first-order chi connectivity index (χ1) is 15.1. The molecule has 4 aromatic rings. The zero-order valence-corrected chi connectivity index (χ0v) is 16.1. The third-order valence-electron chi connectivity index (χ3n) is 4.27. The van der Waals surface area contributed by atoms with Crippen LogP contribution in [0.25, 0.3) is 12.2 Å². The van der Waals surface area contributed by atoms with E-state index in [4.69, 9.17) is 4.74 Å². The van der Waals surface area contributed by atoms with Crippen LogP contribution >= 0.6 is 0 Å². The van der Waals surface area contributed by atoms with Crippen molar-refractivity contribution in [2.75, 3.05) is 0 Å². The maximum Gasteiger partial charge on any atom is 0.343 e. The third-order valence-corrected chi connectivity index (χ3v) is 4.27. The summed E-state index contributed by atoms with van der Waals surface area (Å²) in [6, 6.07) is 15.4. The number of carbonyl (C=O) groups is 1. The van der Waals surface area contributed by atoms with E-state index in [1.54, 1.807) is 30.3 Å². The van der Waals surface area contributed by atoms with Crippen LogP contribution in [0, 0.1) is 0 Å². The molecule has 0 saturated heterocycles. The number of nitrogens with zero attached hydrogens (tertiary/aromatic N) is 2. The lowest BCUT2D eigenvalue weighted by Crippen LogP contribution is -2.46. The Balaban J connectivity index is 1.58. The van der Waals surface area contributed by atoms with Crippen LogP contribution in [0.2, 0.25) is 0 Å². The number of hydrogen-bond donors (Lipinski definition) is 2. The van der Waals surface area contributed by atoms with Crippen molar-refractivity contribution in [3.8, 4) is 5.75 Å². The zero-order valence-electron chi connectivity index (χ0n) is 16.1. The standard InChI is InChI=1S/C23H16N4O4/c28-21-19(12-15-4-2-1-3-5-15)26-22(29)20(27-21)13-17-6-7-18(14-25-17)31-23(30)16-8-10-24-11-9-16/h1-14H,(H,26,29)(H,27,28)/b19-12-,20-13?. The summed E-state index contributed by atoms with van der Waals surface area (Å²) in [5.74, 6) is -0.291. The highest BCUT2D eigenvalue weighted by atomic mass is 16.5. The van der Waals surface area contributed by atoms with E-state index in [0.717, 1.165) is 5.56 Å². The molecule has 0 aliphatic heterocycles. The van der Waals surface area contributed by atoms with Gasteiger partial charge in [-0.05, 0) is 42.0 Å². The Morgan fingerprint density at radius 2 is 1.52 bits per heavy atom. The fourth-order valence-corrected chi connectivity index (χ4v) is 2.75. The fourth-order valence-electron chi connectivity index (χ4n) is 2.75. The smallest absolute Gasteiger partial charge is 0.343 e. The Bertz CT molecular complexity index is 1440. The second-order valence-corrected chi connectivity index (χ2v) is 6.48. The molecule has 152 valence electrons. The van der Waals surface area contributed by atoms with E-state index in [-0.39, 0.29) is 16.4 Å². The van der Waals surface area contributed by atoms with Crippen LogP contribution in [0.15, 0.2) is 82.8 Å². The summed E-state index contributed by atoms with van der Waals surface area (Å²) in [7, 11) is 0. The molecule has 4 rings (SSSR count). The third kappa shape index (κ3) is 4.88. The molecule has 0 fully saturated rings. The van der Waals surface area contributed by atoms with Crippen LogP contribution in [0.1, 0.15) is 21.6 Å². The van der Waals surface area contributed by atoms with Crippen LogP contribution in [0.5, 0.6) is 5.75 Å². The van der Waals surface area contributed by atoms with Gasteiger partial charge in [0, 0.05) is 12.4 Å². The average molecular weight is 412 g/mol. The highest BCUT2D eigenvalue weighted by Crippen LogP contribution is 2.12. The SMILES string of the molecule is O=C(Oc1ccc(C=c2[nH]c(=O)/c(=C/c3ccccc3)[nH]c2=O)nc1)c1ccncc1. The summed E-state index contributed by atoms with van der Waals surface area (Å²) in [5, 5.41) is 0.212. The molecule has 3 heterocycles. The molecule has 8 nitrogen and oxygen atoms in total. The summed E-state index contributed by atoms with van der Waals surface area (Å²) in [5.41, 5.74) is 0.667. The van der Waals surface area contributed by atoms with E-state index >= 15 is 0 Å². The van der Waals surface area contributed by atoms with Crippen LogP contribution in [-0.2, 0) is 0 Å². The van der Waals surface area contributed by atoms with Crippen LogP contribution in [0.4, 0.5) is 0 Å². The Hall–Kier alpha value is -4.59. The van der Waals surface area contributed by atoms with E-state index in [2.05, 4.69) is 19.9 Å². The van der Waals surface area contributed by atoms with E-state index in [1.807, 2.05) is 30.3 Å². The Labute approximate surface area is 175 Å². The van der Waals surface area contributed by atoms with Gasteiger partial charge in [-0.1, -0.05) is 30.3 Å². The second kappa shape index (κ2) is 8.83. The van der Waals surface area contributed by atoms with Gasteiger partial charge >= 0.3 is 5.97 Å². The molecule has 0 bridgehead atoms. The molecule has 1 aromatic carbocycles. The number of carbonyl (C=O) groups excluding carboxylic acids is 1. The molecule has 31 heavy (non-hydrogen) atoms. The number of benzene rings is 1. The van der Waals surface area contributed by atoms with Gasteiger partial charge in [-0.25, -0.2) is 4.79 Å². The van der Waals surface area contributed by atoms with Gasteiger partial charge in [0.05, 0.1) is 17.5 Å². The number of pyridine rings is 2. The minimum atomic E-state index is -0.535. The number of rotatable bonds is 4. The highest BCUT2D eigenvalue weighted by molar-refractivity contribution is 5.90. The van der Waals surface area contributed by atoms with Gasteiger partial charge in [-0.2, -0.15) is 0 Å². The van der Waals surface area contributed by atoms with Crippen molar-refractivity contribution in [1.29, 1.82) is 0 Å². The van der Waals surface area contributed by atoms with Gasteiger partial charge in [-0.15, -0.1) is 0 Å². The molecule has 0 aliphatic carbocycles. The van der Waals surface area contributed by atoms with Crippen LogP contribution in [0.3, 0.4) is 0 Å². The Kier molecular flexibility index (Phi) is 5.62. The number of esters is 1. The first-order valence-electron chi connectivity index (χ1n) is 9.28. The largest absolute Gasteiger partial charge is 0.421 e. The first kappa shape index (κ1) is 19.7. The molecule has 0 unspecified atom stereocenters. The number of hydrogen-bond acceptors (Lipinski definition) is 6. The van der Waals surface area contributed by atoms with Crippen LogP contribution in [-0.4, -0.2) is 25.9 Å². The minimum Gasteiger partial charge on any atom is -0.421 e. The van der Waals surface area contributed by atoms with E-state index in [0.29, 0.717) is 11.3 Å². The number of ether oxygens (including phenoxy) is 1. The molecule has 3 aromatic heterocycles. The van der Waals surface area contributed by atoms with Gasteiger partial charge in [0.2, 0.25) is 0 Å². The molecule has 0 amide bonds. The quantitative estimate of drug-likeness (QED) is 0.477. The van der Waals surface area contributed by atoms with Crippen molar-refractivity contribution in [2.45, 2.75) is 0 Å². The van der Waals surface area contributed by atoms with Gasteiger partial charge in [0.25, 0.3) is 11.1 Å². The van der Waals surface area contributed by atoms with Gasteiger partial charge in [-0.3, -0.25) is 19.6 Å². The van der Waals surface area contributed by atoms with Crippen molar-refractivity contribution in [2.24, 2.45) is 0 Å². The highest BCUT2D eigenvalue weighted by Gasteiger charge is 2.08. The predicted octanol–water partition coefficient (Wildman–Crippen LogP) is 0.730. The number of aromatic nitrogens is 4. The molecule has 0 atom stereocenters. The maximum atomic E-state index is 12.4. The molecule has 0 radical (unpaired) electrons. The van der Waals surface area contributed by atoms with E-state index < -0.39 is 17.1 Å². The Morgan fingerprint density at radius 3 is 2.16 bits per heavy atom. The van der Waals surface area contributed by atoms with Crippen molar-refractivity contribution in [3.05, 3.63) is 121 Å². The van der Waals surface area contributed by atoms with Gasteiger partial charge < -0.3 is 14.7 Å². The molecule has 0 aliphatic rings. The lowest BCUT2D eigenvalue weighted by Gasteiger charge is -2.03. The number of aromatic amines is 2. The number of nitrogens with one attached hydrogen (secondary N) is 2. The lowest BCUT2D eigenvalue weighted by atomic mass is 10.2. The molecular weight excluding hydrogens is 396 g/mol. The Morgan fingerprint density at radius 1 is 0.839 bits per heavy atom. The maximum absolute atomic E-state index is 12.4. The summed E-state index contributed by atoms with van der Waals surface area (Å²) in [6.45, 7) is 0. The topological polar surface area (TPSA) is 118 Å². The summed E-state index contributed by atoms with van der Waals surface area (Å²) >= 11 is 0. The van der Waals surface area contributed by atoms with Crippen molar-refractivity contribution >= 4 is 18.1 Å². The molecular formula is C23H16N4O4. The van der Waals surface area contributed by atoms with E-state index in [1.165, 1.54) is 24.7 Å². The summed E-state index contributed by atoms with van der Waals surface area (Å²) in [4.78, 5) is 49.9. The van der Waals surface area contributed by atoms with Crippen molar-refractivity contribution in [1.82, 2.24) is 19.9 Å². The molecule has 2 N–H and O–H groups in total. The van der Waals surface area contributed by atoms with Crippen LogP contribution < -0.4 is 26.6 Å². The van der Waals surface area contributed by atoms with Crippen molar-refractivity contribution in [3.63, 3.8) is 0 Å². The number of H-pyrrole nitrogens is 2. The monoisotopic (exact) mass is 412 g/mol. The van der Waals surface area contributed by atoms with Gasteiger partial charge in [0.1, 0.15) is 16.4 Å². The molecule has 8 heteroatoms. The van der Waals surface area contributed by atoms with Gasteiger partial charge in [0.15, 0.2) is 0 Å². The average Bonchev–Trinajstić information content (AvgIpc) is 2.80. The normalized spacial score (nSPS) is 12.0. The van der Waals surface area contributed by atoms with Crippen molar-refractivity contribution < 1.29 is 9.53 Å². The lowest BCUT2D eigenvalue weighted by molar-refractivity contribution is 0.0734.